The summed E-state index contributed by atoms with van der Waals surface area (Å²) in [6.07, 6.45) is 3.86. The first kappa shape index (κ1) is 63.7. The molecule has 6 heterocycles. The van der Waals surface area contributed by atoms with Crippen LogP contribution in [0.25, 0.3) is 253 Å². The van der Waals surface area contributed by atoms with Crippen molar-refractivity contribution in [1.82, 2.24) is 29.9 Å². The smallest absolute Gasteiger partial charge is 0.0972 e. The highest BCUT2D eigenvalue weighted by Gasteiger charge is 2.25. The minimum absolute atomic E-state index is 0.806. The lowest BCUT2D eigenvalue weighted by Gasteiger charge is -2.19. The molecule has 0 aliphatic rings. The fourth-order valence-corrected chi connectivity index (χ4v) is 18.5. The molecule has 0 radical (unpaired) electrons. The molecule has 0 amide bonds. The average Bonchev–Trinajstić information content (AvgIpc) is 0.723. The third kappa shape index (κ3) is 10.1. The fraction of sp³-hybridized carbons (Fsp3) is 0. The van der Waals surface area contributed by atoms with Gasteiger partial charge in [-0.05, 0) is 197 Å². The molecular formula is C108H62N6. The zero-order valence-corrected chi connectivity index (χ0v) is 61.5. The van der Waals surface area contributed by atoms with Crippen molar-refractivity contribution in [3.8, 4) is 112 Å². The van der Waals surface area contributed by atoms with E-state index in [-0.39, 0.29) is 0 Å². The monoisotopic (exact) mass is 1440 g/mol. The Bertz CT molecular complexity index is 8090. The van der Waals surface area contributed by atoms with Crippen LogP contribution >= 0.6 is 0 Å². The van der Waals surface area contributed by atoms with Gasteiger partial charge in [-0.1, -0.05) is 303 Å². The van der Waals surface area contributed by atoms with E-state index in [1.165, 1.54) is 115 Å². The summed E-state index contributed by atoms with van der Waals surface area (Å²) in [5.74, 6) is 0. The molecule has 0 aliphatic heterocycles. The second-order valence-electron chi connectivity index (χ2n) is 30.3. The Labute approximate surface area is 654 Å². The van der Waals surface area contributed by atoms with Gasteiger partial charge in [0.25, 0.3) is 0 Å². The molecule has 0 fully saturated rings. The molecular weight excluding hydrogens is 1380 g/mol. The van der Waals surface area contributed by atoms with E-state index in [4.69, 9.17) is 24.9 Å². The largest absolute Gasteiger partial charge is 0.256 e. The summed E-state index contributed by atoms with van der Waals surface area (Å²) < 4.78 is 0. The van der Waals surface area contributed by atoms with E-state index in [9.17, 15) is 0 Å². The van der Waals surface area contributed by atoms with Gasteiger partial charge in [-0.2, -0.15) is 0 Å². The van der Waals surface area contributed by atoms with Gasteiger partial charge < -0.3 is 0 Å². The van der Waals surface area contributed by atoms with Crippen molar-refractivity contribution >= 4 is 141 Å². The molecule has 0 aliphatic carbocycles. The first-order valence-electron chi connectivity index (χ1n) is 38.9. The normalized spacial score (nSPS) is 12.0. The Kier molecular flexibility index (Phi) is 14.0. The molecule has 0 spiro atoms. The van der Waals surface area contributed by atoms with Crippen LogP contribution in [-0.4, -0.2) is 29.9 Å². The molecule has 18 aromatic carbocycles. The molecule has 0 unspecified atom stereocenters. The Morgan fingerprint density at radius 1 is 0.167 bits per heavy atom. The van der Waals surface area contributed by atoms with Gasteiger partial charge in [-0.25, -0.2) is 19.9 Å². The van der Waals surface area contributed by atoms with Gasteiger partial charge in [-0.15, -0.1) is 0 Å². The highest BCUT2D eigenvalue weighted by Crippen LogP contribution is 2.49. The van der Waals surface area contributed by atoms with Gasteiger partial charge in [0.15, 0.2) is 0 Å². The van der Waals surface area contributed by atoms with E-state index >= 15 is 0 Å². The highest BCUT2D eigenvalue weighted by molar-refractivity contribution is 6.30. The lowest BCUT2D eigenvalue weighted by atomic mass is 9.86. The fourth-order valence-electron chi connectivity index (χ4n) is 18.5. The van der Waals surface area contributed by atoms with Crippen LogP contribution in [0.2, 0.25) is 0 Å². The molecule has 6 heteroatoms. The van der Waals surface area contributed by atoms with Crippen LogP contribution in [0.5, 0.6) is 0 Å². The highest BCUT2D eigenvalue weighted by atomic mass is 14.8. The van der Waals surface area contributed by atoms with E-state index < -0.39 is 0 Å². The Morgan fingerprint density at radius 2 is 0.596 bits per heavy atom. The Balaban J connectivity index is 0.649. The van der Waals surface area contributed by atoms with Gasteiger partial charge in [0.05, 0.1) is 56.1 Å². The minimum Gasteiger partial charge on any atom is -0.256 e. The molecule has 114 heavy (non-hydrogen) atoms. The van der Waals surface area contributed by atoms with Crippen LogP contribution in [-0.2, 0) is 0 Å². The van der Waals surface area contributed by atoms with Crippen molar-refractivity contribution < 1.29 is 0 Å². The van der Waals surface area contributed by atoms with Crippen molar-refractivity contribution in [3.05, 3.63) is 376 Å². The zero-order chi connectivity index (χ0) is 74.6. The third-order valence-electron chi connectivity index (χ3n) is 24.0. The summed E-state index contributed by atoms with van der Waals surface area (Å²) in [6, 6.07) is 133. The summed E-state index contributed by atoms with van der Waals surface area (Å²) in [7, 11) is 0. The number of nitrogens with zero attached hydrogens (tertiary/aromatic N) is 6. The maximum absolute atomic E-state index is 5.96. The summed E-state index contributed by atoms with van der Waals surface area (Å²) >= 11 is 0. The first-order valence-corrected chi connectivity index (χ1v) is 38.9. The summed E-state index contributed by atoms with van der Waals surface area (Å²) in [6.45, 7) is 0. The number of hydrogen-bond donors (Lipinski definition) is 0. The zero-order valence-electron chi connectivity index (χ0n) is 61.5. The summed E-state index contributed by atoms with van der Waals surface area (Å²) in [4.78, 5) is 33.1. The lowest BCUT2D eigenvalue weighted by molar-refractivity contribution is 1.31. The Morgan fingerprint density at radius 3 is 1.22 bits per heavy atom. The van der Waals surface area contributed by atoms with E-state index in [1.54, 1.807) is 0 Å². The van der Waals surface area contributed by atoms with E-state index in [1.807, 2.05) is 18.5 Å². The molecule has 24 rings (SSSR count). The molecule has 0 saturated carbocycles. The van der Waals surface area contributed by atoms with Crippen molar-refractivity contribution in [1.29, 1.82) is 0 Å². The molecule has 6 aromatic heterocycles. The maximum atomic E-state index is 5.96. The molecule has 0 saturated heterocycles. The number of benzene rings is 18. The number of rotatable bonds is 10. The van der Waals surface area contributed by atoms with Crippen molar-refractivity contribution in [2.75, 3.05) is 0 Å². The van der Waals surface area contributed by atoms with Gasteiger partial charge in [0.2, 0.25) is 0 Å². The number of aromatic nitrogens is 6. The van der Waals surface area contributed by atoms with Crippen LogP contribution < -0.4 is 0 Å². The lowest BCUT2D eigenvalue weighted by Crippen LogP contribution is -1.98. The molecule has 524 valence electrons. The van der Waals surface area contributed by atoms with E-state index in [0.717, 1.165) is 138 Å². The second kappa shape index (κ2) is 25.2. The van der Waals surface area contributed by atoms with E-state index in [0.29, 0.717) is 0 Å². The first-order chi connectivity index (χ1) is 56.5. The van der Waals surface area contributed by atoms with Crippen molar-refractivity contribution in [2.24, 2.45) is 0 Å². The number of pyridine rings is 6. The van der Waals surface area contributed by atoms with Gasteiger partial charge in [-0.3, -0.25) is 9.97 Å². The second-order valence-corrected chi connectivity index (χ2v) is 30.3. The summed E-state index contributed by atoms with van der Waals surface area (Å²) in [5, 5.41) is 23.9. The molecule has 6 nitrogen and oxygen atoms in total. The molecule has 0 N–H and O–H groups in total. The third-order valence-corrected chi connectivity index (χ3v) is 24.0. The predicted molar refractivity (Wildman–Crippen MR) is 478 cm³/mol. The topological polar surface area (TPSA) is 77.3 Å². The minimum atomic E-state index is 0.806. The van der Waals surface area contributed by atoms with Crippen LogP contribution in [0.1, 0.15) is 0 Å². The number of hydrogen-bond acceptors (Lipinski definition) is 6. The van der Waals surface area contributed by atoms with Crippen molar-refractivity contribution in [3.63, 3.8) is 0 Å². The van der Waals surface area contributed by atoms with Crippen molar-refractivity contribution in [2.45, 2.75) is 0 Å². The average molecular weight is 1440 g/mol. The van der Waals surface area contributed by atoms with Gasteiger partial charge >= 0.3 is 0 Å². The van der Waals surface area contributed by atoms with Crippen LogP contribution in [0.15, 0.2) is 376 Å². The SMILES string of the molecule is c1ccc(-c2cc(-c3ccccc3)cc(-c3ccc4ccc5c(-c6ccc7ccc8ccc(-c9cnc(-c%10cc%11ccc%12ccc(-c%13ccc%14ncccc%14c%13)nc%12c%11nc%10-c%10ccc%11ccc%12c(-c%13ccc(-c%14cccc%15ccccc%14%15)cc%13)ccc%13ccc%10c%11c%13%12)c%10ccccc9%10)nc8c7n6)ccc6ccc3c4c65)c2)cc1. The van der Waals surface area contributed by atoms with E-state index in [2.05, 4.69) is 363 Å². The van der Waals surface area contributed by atoms with Crippen LogP contribution in [0.3, 0.4) is 0 Å². The van der Waals surface area contributed by atoms with Crippen LogP contribution in [0, 0.1) is 0 Å². The van der Waals surface area contributed by atoms with Crippen LogP contribution in [0.4, 0.5) is 0 Å². The van der Waals surface area contributed by atoms with Gasteiger partial charge in [0.1, 0.15) is 0 Å². The predicted octanol–water partition coefficient (Wildman–Crippen LogP) is 28.6. The quantitative estimate of drug-likeness (QED) is 0.127. The summed E-state index contributed by atoms with van der Waals surface area (Å²) in [5.41, 5.74) is 25.3. The number of fused-ring (bicyclic) bond motifs is 9. The molecule has 24 aromatic rings. The Hall–Kier alpha value is -15.2. The van der Waals surface area contributed by atoms with Gasteiger partial charge in [0, 0.05) is 72.5 Å². The maximum Gasteiger partial charge on any atom is 0.0972 e. The standard InChI is InChI=1S/C108H62N6/c1-3-13-63(14-4-1)78-58-79(64-15-5-2-6-16-64)60-80(59-78)84-45-33-69-37-49-89-86(46-34-70-36-48-88(84)100(69)101(70)89)97-54-41-72-28-29-73-42-55-98(113-104(73)103(72)112-97)94-62-110-107(91-22-10-9-21-85(91)94)93-61-77-31-30-74-40-53-96(76-43-52-95-75(57-76)19-12-56-109-95)111-105(74)106(77)114-108(93)92-51-39-71-35-47-87-83(44-32-68-38-50-90(92)102(71)99(68)87)67-26-24-66(25-27-67)82-23-11-18-65-17-7-8-20-81(65)82/h1-62H. The molecule has 0 bridgehead atoms. The molecule has 0 atom stereocenters.